The summed E-state index contributed by atoms with van der Waals surface area (Å²) in [5.41, 5.74) is 1.12. The Bertz CT molecular complexity index is 463. The van der Waals surface area contributed by atoms with Crippen molar-refractivity contribution in [1.82, 2.24) is 0 Å². The molecule has 66 valence electrons. The molecule has 0 saturated carbocycles. The van der Waals surface area contributed by atoms with E-state index < -0.39 is 0 Å². The van der Waals surface area contributed by atoms with Crippen LogP contribution in [0.5, 0.6) is 0 Å². The number of hydrogen-bond donors (Lipinski definition) is 0. The van der Waals surface area contributed by atoms with E-state index in [4.69, 9.17) is 11.6 Å². The lowest BCUT2D eigenvalue weighted by molar-refractivity contribution is 0.640. The van der Waals surface area contributed by atoms with Crippen LogP contribution >= 0.6 is 11.6 Å². The molecule has 0 saturated heterocycles. The first kappa shape index (κ1) is 8.52. The van der Waals surface area contributed by atoms with Crippen molar-refractivity contribution in [3.8, 4) is 0 Å². The van der Waals surface area contributed by atoms with E-state index in [0.29, 0.717) is 5.39 Å². The Hall–Kier alpha value is -1.08. The summed E-state index contributed by atoms with van der Waals surface area (Å²) in [6.45, 7) is 1.98. The monoisotopic (exact) mass is 194 g/mol. The van der Waals surface area contributed by atoms with Crippen molar-refractivity contribution < 1.29 is 4.39 Å². The summed E-state index contributed by atoms with van der Waals surface area (Å²) in [5.74, 6) is -0.334. The predicted octanol–water partition coefficient (Wildman–Crippen LogP) is 3.94. The van der Waals surface area contributed by atoms with Crippen molar-refractivity contribution in [3.63, 3.8) is 0 Å². The van der Waals surface area contributed by atoms with Crippen LogP contribution in [0.15, 0.2) is 30.3 Å². The lowest BCUT2D eigenvalue weighted by Crippen LogP contribution is -1.82. The van der Waals surface area contributed by atoms with Crippen LogP contribution in [0, 0.1) is 12.7 Å². The zero-order valence-corrected chi connectivity index (χ0v) is 7.90. The van der Waals surface area contributed by atoms with Gasteiger partial charge in [-0.3, -0.25) is 0 Å². The van der Waals surface area contributed by atoms with Crippen molar-refractivity contribution in [1.29, 1.82) is 0 Å². The molecule has 2 aromatic rings. The Kier molecular flexibility index (Phi) is 1.97. The van der Waals surface area contributed by atoms with Crippen molar-refractivity contribution in [2.45, 2.75) is 6.92 Å². The Morgan fingerprint density at radius 3 is 2.69 bits per heavy atom. The Morgan fingerprint density at radius 1 is 1.15 bits per heavy atom. The molecule has 0 heterocycles. The van der Waals surface area contributed by atoms with E-state index in [0.717, 1.165) is 10.9 Å². The van der Waals surface area contributed by atoms with Gasteiger partial charge in [-0.15, -0.1) is 0 Å². The number of halogens is 2. The molecule has 0 bridgehead atoms. The van der Waals surface area contributed by atoms with Crippen LogP contribution in [0.25, 0.3) is 10.8 Å². The summed E-state index contributed by atoms with van der Waals surface area (Å²) in [4.78, 5) is 0. The molecule has 0 spiro atoms. The molecule has 0 atom stereocenters. The number of hydrogen-bond acceptors (Lipinski definition) is 0. The molecule has 0 radical (unpaired) electrons. The van der Waals surface area contributed by atoms with Gasteiger partial charge in [-0.05, 0) is 18.4 Å². The molecule has 2 aromatic carbocycles. The number of fused-ring (bicyclic) bond motifs is 1. The maximum absolute atomic E-state index is 13.4. The third kappa shape index (κ3) is 1.40. The van der Waals surface area contributed by atoms with Gasteiger partial charge < -0.3 is 0 Å². The lowest BCUT2D eigenvalue weighted by Gasteiger charge is -2.01. The highest BCUT2D eigenvalue weighted by Crippen LogP contribution is 2.24. The first-order valence-electron chi connectivity index (χ1n) is 4.03. The average molecular weight is 195 g/mol. The Labute approximate surface area is 80.9 Å². The highest BCUT2D eigenvalue weighted by Gasteiger charge is 2.04. The average Bonchev–Trinajstić information content (AvgIpc) is 2.12. The molecule has 0 aliphatic rings. The molecule has 0 aliphatic carbocycles. The van der Waals surface area contributed by atoms with Crippen LogP contribution in [0.4, 0.5) is 4.39 Å². The van der Waals surface area contributed by atoms with Gasteiger partial charge in [-0.25, -0.2) is 4.39 Å². The van der Waals surface area contributed by atoms with E-state index >= 15 is 0 Å². The second-order valence-electron chi connectivity index (χ2n) is 3.09. The summed E-state index contributed by atoms with van der Waals surface area (Å²) in [7, 11) is 0. The van der Waals surface area contributed by atoms with Crippen LogP contribution in [0.3, 0.4) is 0 Å². The lowest BCUT2D eigenvalue weighted by atomic mass is 10.1. The van der Waals surface area contributed by atoms with Crippen LogP contribution in [-0.4, -0.2) is 0 Å². The van der Waals surface area contributed by atoms with E-state index in [1.807, 2.05) is 25.1 Å². The van der Waals surface area contributed by atoms with Crippen LogP contribution in [0.2, 0.25) is 5.02 Å². The Morgan fingerprint density at radius 2 is 1.92 bits per heavy atom. The van der Waals surface area contributed by atoms with Gasteiger partial charge in [0, 0.05) is 5.39 Å². The maximum Gasteiger partial charge on any atom is 0.149 e. The zero-order valence-electron chi connectivity index (χ0n) is 7.14. The van der Waals surface area contributed by atoms with Gasteiger partial charge in [0.15, 0.2) is 0 Å². The fraction of sp³-hybridized carbons (Fsp3) is 0.0909. The Balaban J connectivity index is 2.87. The van der Waals surface area contributed by atoms with Crippen LogP contribution < -0.4 is 0 Å². The van der Waals surface area contributed by atoms with E-state index in [9.17, 15) is 4.39 Å². The summed E-state index contributed by atoms with van der Waals surface area (Å²) >= 11 is 5.65. The minimum atomic E-state index is -0.334. The van der Waals surface area contributed by atoms with Gasteiger partial charge in [0.05, 0.1) is 5.02 Å². The van der Waals surface area contributed by atoms with Crippen LogP contribution in [-0.2, 0) is 0 Å². The van der Waals surface area contributed by atoms with Crippen molar-refractivity contribution >= 4 is 22.4 Å². The molecule has 0 amide bonds. The first-order chi connectivity index (χ1) is 6.18. The van der Waals surface area contributed by atoms with Crippen molar-refractivity contribution in [3.05, 3.63) is 46.7 Å². The van der Waals surface area contributed by atoms with Gasteiger partial charge >= 0.3 is 0 Å². The highest BCUT2D eigenvalue weighted by molar-refractivity contribution is 6.31. The fourth-order valence-electron chi connectivity index (χ4n) is 1.38. The molecule has 2 heteroatoms. The molecule has 0 nitrogen and oxygen atoms in total. The van der Waals surface area contributed by atoms with Crippen LogP contribution in [0.1, 0.15) is 5.56 Å². The molecule has 0 aromatic heterocycles. The van der Waals surface area contributed by atoms with Crippen molar-refractivity contribution in [2.75, 3.05) is 0 Å². The molecular weight excluding hydrogens is 187 g/mol. The second kappa shape index (κ2) is 3.00. The summed E-state index contributed by atoms with van der Waals surface area (Å²) in [6, 6.07) is 8.98. The maximum atomic E-state index is 13.4. The molecule has 0 N–H and O–H groups in total. The molecular formula is C11H8ClF. The third-order valence-electron chi connectivity index (χ3n) is 2.06. The third-order valence-corrected chi connectivity index (χ3v) is 2.35. The summed E-state index contributed by atoms with van der Waals surface area (Å²) in [6.07, 6.45) is 0. The fourth-order valence-corrected chi connectivity index (χ4v) is 1.55. The molecule has 0 aliphatic heterocycles. The molecule has 0 fully saturated rings. The molecule has 0 unspecified atom stereocenters. The number of aryl methyl sites for hydroxylation is 1. The standard InChI is InChI=1S/C11H8ClF/c1-7-2-4-9-8(6-7)3-5-10(12)11(9)13/h2-6H,1H3. The van der Waals surface area contributed by atoms with E-state index in [1.165, 1.54) is 0 Å². The summed E-state index contributed by atoms with van der Waals surface area (Å²) in [5, 5.41) is 1.65. The number of rotatable bonds is 0. The first-order valence-corrected chi connectivity index (χ1v) is 4.40. The second-order valence-corrected chi connectivity index (χ2v) is 3.49. The minimum Gasteiger partial charge on any atom is -0.205 e. The zero-order chi connectivity index (χ0) is 9.42. The molecule has 2 rings (SSSR count). The van der Waals surface area contributed by atoms with E-state index in [1.54, 1.807) is 12.1 Å². The normalized spacial score (nSPS) is 10.7. The minimum absolute atomic E-state index is 0.177. The predicted molar refractivity (Wildman–Crippen MR) is 53.7 cm³/mol. The smallest absolute Gasteiger partial charge is 0.149 e. The van der Waals surface area contributed by atoms with E-state index in [-0.39, 0.29) is 10.8 Å². The molecule has 13 heavy (non-hydrogen) atoms. The van der Waals surface area contributed by atoms with E-state index in [2.05, 4.69) is 0 Å². The van der Waals surface area contributed by atoms with Gasteiger partial charge in [-0.2, -0.15) is 0 Å². The SMILES string of the molecule is Cc1ccc2c(F)c(Cl)ccc2c1. The topological polar surface area (TPSA) is 0 Å². The highest BCUT2D eigenvalue weighted by atomic mass is 35.5. The quantitative estimate of drug-likeness (QED) is 0.596. The number of benzene rings is 2. The van der Waals surface area contributed by atoms with Crippen molar-refractivity contribution in [2.24, 2.45) is 0 Å². The largest absolute Gasteiger partial charge is 0.205 e. The summed E-state index contributed by atoms with van der Waals surface area (Å²) < 4.78 is 13.4. The van der Waals surface area contributed by atoms with Gasteiger partial charge in [0.2, 0.25) is 0 Å². The van der Waals surface area contributed by atoms with Gasteiger partial charge in [-0.1, -0.05) is 41.4 Å². The van der Waals surface area contributed by atoms with Gasteiger partial charge in [0.1, 0.15) is 5.82 Å². The van der Waals surface area contributed by atoms with Gasteiger partial charge in [0.25, 0.3) is 0 Å².